The normalized spacial score (nSPS) is 14.1. The van der Waals surface area contributed by atoms with Crippen molar-refractivity contribution in [3.05, 3.63) is 81.6 Å². The van der Waals surface area contributed by atoms with E-state index in [2.05, 4.69) is 16.4 Å². The van der Waals surface area contributed by atoms with E-state index >= 15 is 0 Å². The summed E-state index contributed by atoms with van der Waals surface area (Å²) in [6.07, 6.45) is 3.00. The highest BCUT2D eigenvalue weighted by molar-refractivity contribution is 6.43. The molecule has 2 aromatic carbocycles. The van der Waals surface area contributed by atoms with E-state index in [0.717, 1.165) is 62.7 Å². The van der Waals surface area contributed by atoms with Gasteiger partial charge in [0, 0.05) is 44.4 Å². The number of halogens is 2. The summed E-state index contributed by atoms with van der Waals surface area (Å²) in [5, 5.41) is 2.06. The summed E-state index contributed by atoms with van der Waals surface area (Å²) in [6.45, 7) is 8.56. The summed E-state index contributed by atoms with van der Waals surface area (Å²) >= 11 is 12.5. The van der Waals surface area contributed by atoms with Crippen molar-refractivity contribution in [2.75, 3.05) is 44.2 Å². The molecular formula is C27H29Cl2N3O4. The minimum absolute atomic E-state index is 0.179. The van der Waals surface area contributed by atoms with E-state index in [9.17, 15) is 9.59 Å². The number of aromatic nitrogens is 1. The largest absolute Gasteiger partial charge is 0.494 e. The van der Waals surface area contributed by atoms with Gasteiger partial charge in [-0.05, 0) is 55.1 Å². The molecule has 0 N–H and O–H groups in total. The van der Waals surface area contributed by atoms with E-state index in [1.165, 1.54) is 10.6 Å². The molecule has 0 saturated carbocycles. The summed E-state index contributed by atoms with van der Waals surface area (Å²) in [5.74, 6) is 0.0879. The number of hydrogen-bond acceptors (Lipinski definition) is 6. The standard InChI is InChI=1S/C27H29Cl2N3O4/c1-2-26(34)36-19-32-24-18-21(10-8-20(24)9-11-25(32)33)35-17-4-3-12-30-13-15-31(16-14-30)23-7-5-6-22(28)27(23)29/h2,5-11,18H,1,3-4,12-17,19H2. The highest BCUT2D eigenvalue weighted by atomic mass is 35.5. The van der Waals surface area contributed by atoms with Gasteiger partial charge in [0.15, 0.2) is 6.73 Å². The molecule has 1 aromatic heterocycles. The smallest absolute Gasteiger partial charge is 0.331 e. The highest BCUT2D eigenvalue weighted by Gasteiger charge is 2.19. The maximum atomic E-state index is 12.3. The predicted octanol–water partition coefficient (Wildman–Crippen LogP) is 4.98. The Labute approximate surface area is 220 Å². The first-order valence-electron chi connectivity index (χ1n) is 11.9. The Hall–Kier alpha value is -3.00. The van der Waals surface area contributed by atoms with Crippen LogP contribution in [0.15, 0.2) is 66.0 Å². The average Bonchev–Trinajstić information content (AvgIpc) is 2.89. The molecule has 7 nitrogen and oxygen atoms in total. The fourth-order valence-electron chi connectivity index (χ4n) is 4.25. The maximum Gasteiger partial charge on any atom is 0.331 e. The summed E-state index contributed by atoms with van der Waals surface area (Å²) in [7, 11) is 0. The van der Waals surface area contributed by atoms with Crippen LogP contribution in [0.5, 0.6) is 5.75 Å². The Morgan fingerprint density at radius 1 is 1.03 bits per heavy atom. The molecule has 36 heavy (non-hydrogen) atoms. The van der Waals surface area contributed by atoms with Crippen LogP contribution < -0.4 is 15.2 Å². The predicted molar refractivity (Wildman–Crippen MR) is 144 cm³/mol. The number of anilines is 1. The van der Waals surface area contributed by atoms with Gasteiger partial charge in [-0.1, -0.05) is 35.8 Å². The van der Waals surface area contributed by atoms with Gasteiger partial charge in [-0.15, -0.1) is 0 Å². The van der Waals surface area contributed by atoms with Gasteiger partial charge < -0.3 is 14.4 Å². The molecule has 1 saturated heterocycles. The molecule has 4 rings (SSSR count). The number of ether oxygens (including phenoxy) is 2. The fourth-order valence-corrected chi connectivity index (χ4v) is 4.67. The Morgan fingerprint density at radius 2 is 1.81 bits per heavy atom. The van der Waals surface area contributed by atoms with Crippen LogP contribution in [0, 0.1) is 0 Å². The fraction of sp³-hybridized carbons (Fsp3) is 0.333. The zero-order valence-corrected chi connectivity index (χ0v) is 21.5. The molecule has 190 valence electrons. The number of fused-ring (bicyclic) bond motifs is 1. The first-order chi connectivity index (χ1) is 17.5. The summed E-state index contributed by atoms with van der Waals surface area (Å²) in [6, 6.07) is 14.5. The van der Waals surface area contributed by atoms with Crippen molar-refractivity contribution < 1.29 is 14.3 Å². The van der Waals surface area contributed by atoms with Gasteiger partial charge in [0.25, 0.3) is 5.56 Å². The van der Waals surface area contributed by atoms with Crippen molar-refractivity contribution in [1.82, 2.24) is 9.47 Å². The number of unbranched alkanes of at least 4 members (excludes halogenated alkanes) is 1. The Bertz CT molecular complexity index is 1290. The Morgan fingerprint density at radius 3 is 2.58 bits per heavy atom. The van der Waals surface area contributed by atoms with Crippen LogP contribution in [-0.2, 0) is 16.3 Å². The van der Waals surface area contributed by atoms with Crippen molar-refractivity contribution in [1.29, 1.82) is 0 Å². The van der Waals surface area contributed by atoms with Gasteiger partial charge in [0.2, 0.25) is 0 Å². The Balaban J connectivity index is 1.24. The molecular weight excluding hydrogens is 501 g/mol. The summed E-state index contributed by atoms with van der Waals surface area (Å²) < 4.78 is 12.4. The van der Waals surface area contributed by atoms with Crippen LogP contribution in [-0.4, -0.2) is 54.8 Å². The number of nitrogens with zero attached hydrogens (tertiary/aromatic N) is 3. The van der Waals surface area contributed by atoms with E-state index in [1.54, 1.807) is 12.1 Å². The van der Waals surface area contributed by atoms with Crippen molar-refractivity contribution >= 4 is 45.8 Å². The van der Waals surface area contributed by atoms with E-state index in [-0.39, 0.29) is 12.3 Å². The second kappa shape index (κ2) is 12.3. The second-order valence-corrected chi connectivity index (χ2v) is 9.36. The number of piperazine rings is 1. The van der Waals surface area contributed by atoms with Gasteiger partial charge in [-0.3, -0.25) is 14.3 Å². The van der Waals surface area contributed by atoms with Crippen LogP contribution in [0.4, 0.5) is 5.69 Å². The molecule has 1 aliphatic heterocycles. The molecule has 9 heteroatoms. The van der Waals surface area contributed by atoms with Crippen LogP contribution in [0.25, 0.3) is 10.9 Å². The number of rotatable bonds is 10. The topological polar surface area (TPSA) is 64.0 Å². The maximum absolute atomic E-state index is 12.3. The first kappa shape index (κ1) is 26.1. The number of carbonyl (C=O) groups is 1. The van der Waals surface area contributed by atoms with E-state index in [4.69, 9.17) is 32.7 Å². The van der Waals surface area contributed by atoms with E-state index in [0.29, 0.717) is 27.9 Å². The van der Waals surface area contributed by atoms with Gasteiger partial charge in [0.05, 0.1) is 27.9 Å². The zero-order valence-electron chi connectivity index (χ0n) is 20.0. The molecule has 2 heterocycles. The third kappa shape index (κ3) is 6.40. The van der Waals surface area contributed by atoms with Crippen molar-refractivity contribution in [3.63, 3.8) is 0 Å². The molecule has 1 fully saturated rings. The summed E-state index contributed by atoms with van der Waals surface area (Å²) in [5.41, 5.74) is 1.39. The number of pyridine rings is 1. The highest BCUT2D eigenvalue weighted by Crippen LogP contribution is 2.32. The van der Waals surface area contributed by atoms with Gasteiger partial charge in [0.1, 0.15) is 5.75 Å². The lowest BCUT2D eigenvalue weighted by atomic mass is 10.2. The average molecular weight is 530 g/mol. The molecule has 0 aliphatic carbocycles. The lowest BCUT2D eigenvalue weighted by Crippen LogP contribution is -2.46. The number of benzene rings is 2. The SMILES string of the molecule is C=CC(=O)OCn1c(=O)ccc2ccc(OCCCCN3CCN(c4cccc(Cl)c4Cl)CC3)cc21. The molecule has 0 atom stereocenters. The van der Waals surface area contributed by atoms with Gasteiger partial charge in [-0.25, -0.2) is 4.79 Å². The molecule has 3 aromatic rings. The van der Waals surface area contributed by atoms with Gasteiger partial charge in [-0.2, -0.15) is 0 Å². The third-order valence-corrected chi connectivity index (χ3v) is 7.06. The van der Waals surface area contributed by atoms with Gasteiger partial charge >= 0.3 is 5.97 Å². The van der Waals surface area contributed by atoms with Crippen molar-refractivity contribution in [2.45, 2.75) is 19.6 Å². The van der Waals surface area contributed by atoms with Crippen molar-refractivity contribution in [3.8, 4) is 5.75 Å². The minimum atomic E-state index is -0.582. The Kier molecular flexibility index (Phi) is 8.91. The zero-order chi connectivity index (χ0) is 25.5. The monoisotopic (exact) mass is 529 g/mol. The van der Waals surface area contributed by atoms with E-state index < -0.39 is 5.97 Å². The molecule has 0 bridgehead atoms. The molecule has 0 amide bonds. The first-order valence-corrected chi connectivity index (χ1v) is 12.7. The lowest BCUT2D eigenvalue weighted by molar-refractivity contribution is -0.141. The third-order valence-electron chi connectivity index (χ3n) is 6.25. The van der Waals surface area contributed by atoms with Crippen molar-refractivity contribution in [2.24, 2.45) is 0 Å². The molecule has 0 radical (unpaired) electrons. The lowest BCUT2D eigenvalue weighted by Gasteiger charge is -2.36. The minimum Gasteiger partial charge on any atom is -0.494 e. The molecule has 0 spiro atoms. The quantitative estimate of drug-likeness (QED) is 0.210. The number of esters is 1. The van der Waals surface area contributed by atoms with Crippen LogP contribution in [0.2, 0.25) is 10.0 Å². The number of carbonyl (C=O) groups excluding carboxylic acids is 1. The van der Waals surface area contributed by atoms with Crippen LogP contribution in [0.1, 0.15) is 12.8 Å². The van der Waals surface area contributed by atoms with Crippen LogP contribution >= 0.6 is 23.2 Å². The molecule has 1 aliphatic rings. The number of hydrogen-bond donors (Lipinski definition) is 0. The van der Waals surface area contributed by atoms with Crippen LogP contribution in [0.3, 0.4) is 0 Å². The van der Waals surface area contributed by atoms with E-state index in [1.807, 2.05) is 30.3 Å². The summed E-state index contributed by atoms with van der Waals surface area (Å²) in [4.78, 5) is 28.5. The second-order valence-electron chi connectivity index (χ2n) is 8.57. The molecule has 0 unspecified atom stereocenters.